The molecule has 0 bridgehead atoms. The number of thioether (sulfide) groups is 1. The summed E-state index contributed by atoms with van der Waals surface area (Å²) in [6, 6.07) is 6.90. The number of esters is 2. The third-order valence-corrected chi connectivity index (χ3v) is 4.99. The highest BCUT2D eigenvalue weighted by atomic mass is 35.5. The Balaban J connectivity index is 2.70. The molecular weight excluding hydrogens is 390 g/mol. The Bertz CT molecular complexity index is 851. The van der Waals surface area contributed by atoms with E-state index >= 15 is 0 Å². The van der Waals surface area contributed by atoms with Crippen molar-refractivity contribution < 1.29 is 19.1 Å². The average molecular weight is 410 g/mol. The van der Waals surface area contributed by atoms with Gasteiger partial charge in [-0.1, -0.05) is 35.5 Å². The van der Waals surface area contributed by atoms with Crippen LogP contribution in [-0.2, 0) is 19.1 Å². The molecule has 0 amide bonds. The molecule has 0 aromatic heterocycles. The van der Waals surface area contributed by atoms with Gasteiger partial charge in [-0.05, 0) is 24.6 Å². The first-order valence-corrected chi connectivity index (χ1v) is 9.26. The third kappa shape index (κ3) is 4.64. The smallest absolute Gasteiger partial charge is 0.336 e. The number of rotatable bonds is 5. The van der Waals surface area contributed by atoms with E-state index in [9.17, 15) is 9.59 Å². The van der Waals surface area contributed by atoms with Gasteiger partial charge in [0.25, 0.3) is 0 Å². The number of hydrogen-bond donors (Lipinski definition) is 3. The van der Waals surface area contributed by atoms with Crippen LogP contribution in [0.1, 0.15) is 18.4 Å². The maximum absolute atomic E-state index is 12.6. The summed E-state index contributed by atoms with van der Waals surface area (Å²) in [5.74, 6) is -1.65. The minimum absolute atomic E-state index is 0.0896. The fraction of sp³-hybridized carbons (Fsp3) is 0.278. The van der Waals surface area contributed by atoms with Crippen LogP contribution in [0.5, 0.6) is 0 Å². The Labute approximate surface area is 166 Å². The van der Waals surface area contributed by atoms with Gasteiger partial charge >= 0.3 is 11.9 Å². The fourth-order valence-electron chi connectivity index (χ4n) is 2.91. The zero-order valence-corrected chi connectivity index (χ0v) is 16.7. The van der Waals surface area contributed by atoms with E-state index in [1.807, 2.05) is 0 Å². The molecule has 1 unspecified atom stereocenters. The molecule has 1 aromatic carbocycles. The standard InChI is InChI=1S/C18H20ClN3O4S/c1-9-13(16(23)25-2)14(10-5-4-6-11(19)7-10)15(17(24)26-3)12(22-9)8-27-18(20)21/h4-7,14,22H,8H2,1-3H3,(H3,20,21). The lowest BCUT2D eigenvalue weighted by molar-refractivity contribution is -0.137. The first kappa shape index (κ1) is 20.9. The fourth-order valence-corrected chi connectivity index (χ4v) is 3.64. The van der Waals surface area contributed by atoms with Crippen molar-refractivity contribution in [2.24, 2.45) is 5.73 Å². The Morgan fingerprint density at radius 2 is 1.89 bits per heavy atom. The van der Waals surface area contributed by atoms with Gasteiger partial charge in [0.2, 0.25) is 0 Å². The lowest BCUT2D eigenvalue weighted by Gasteiger charge is -2.31. The van der Waals surface area contributed by atoms with Gasteiger partial charge in [-0.3, -0.25) is 5.41 Å². The van der Waals surface area contributed by atoms with Crippen LogP contribution in [0.15, 0.2) is 46.8 Å². The molecule has 1 aromatic rings. The van der Waals surface area contributed by atoms with Crippen molar-refractivity contribution in [3.8, 4) is 0 Å². The van der Waals surface area contributed by atoms with Gasteiger partial charge in [-0.15, -0.1) is 0 Å². The van der Waals surface area contributed by atoms with Crippen LogP contribution in [0.3, 0.4) is 0 Å². The summed E-state index contributed by atoms with van der Waals surface area (Å²) in [6.45, 7) is 1.72. The largest absolute Gasteiger partial charge is 0.466 e. The predicted molar refractivity (Wildman–Crippen MR) is 105 cm³/mol. The quantitative estimate of drug-likeness (QED) is 0.389. The van der Waals surface area contributed by atoms with Gasteiger partial charge in [-0.25, -0.2) is 9.59 Å². The van der Waals surface area contributed by atoms with Crippen LogP contribution < -0.4 is 11.1 Å². The molecule has 7 nitrogen and oxygen atoms in total. The maximum Gasteiger partial charge on any atom is 0.336 e. The number of amidine groups is 1. The van der Waals surface area contributed by atoms with E-state index in [-0.39, 0.29) is 22.1 Å². The van der Waals surface area contributed by atoms with Crippen molar-refractivity contribution in [1.29, 1.82) is 5.41 Å². The number of nitrogens with one attached hydrogen (secondary N) is 2. The average Bonchev–Trinajstić information content (AvgIpc) is 2.64. The lowest BCUT2D eigenvalue weighted by Crippen LogP contribution is -2.34. The number of nitrogens with two attached hydrogens (primary N) is 1. The van der Waals surface area contributed by atoms with Crippen LogP contribution in [-0.4, -0.2) is 37.1 Å². The molecular formula is C18H20ClN3O4S. The zero-order chi connectivity index (χ0) is 20.1. The second kappa shape index (κ2) is 8.96. The molecule has 9 heteroatoms. The summed E-state index contributed by atoms with van der Waals surface area (Å²) in [4.78, 5) is 25.1. The number of carbonyl (C=O) groups is 2. The summed E-state index contributed by atoms with van der Waals surface area (Å²) in [6.07, 6.45) is 0. The molecule has 1 aliphatic rings. The van der Waals surface area contributed by atoms with Crippen LogP contribution >= 0.6 is 23.4 Å². The molecule has 0 saturated carbocycles. The van der Waals surface area contributed by atoms with Crippen molar-refractivity contribution >= 4 is 40.5 Å². The van der Waals surface area contributed by atoms with E-state index in [4.69, 9.17) is 32.2 Å². The predicted octanol–water partition coefficient (Wildman–Crippen LogP) is 2.53. The van der Waals surface area contributed by atoms with Crippen LogP contribution in [0.25, 0.3) is 0 Å². The maximum atomic E-state index is 12.6. The normalized spacial score (nSPS) is 16.7. The van der Waals surface area contributed by atoms with Crippen molar-refractivity contribution in [1.82, 2.24) is 5.32 Å². The van der Waals surface area contributed by atoms with E-state index in [1.165, 1.54) is 14.2 Å². The number of benzene rings is 1. The monoisotopic (exact) mass is 409 g/mol. The van der Waals surface area contributed by atoms with Gasteiger partial charge in [0.05, 0.1) is 31.3 Å². The molecule has 27 heavy (non-hydrogen) atoms. The minimum atomic E-state index is -0.729. The van der Waals surface area contributed by atoms with E-state index in [1.54, 1.807) is 31.2 Å². The molecule has 1 atom stereocenters. The second-order valence-electron chi connectivity index (χ2n) is 5.68. The number of ether oxygens (including phenoxy) is 2. The number of carbonyl (C=O) groups excluding carboxylic acids is 2. The summed E-state index contributed by atoms with van der Waals surface area (Å²) in [5.41, 5.74) is 7.67. The van der Waals surface area contributed by atoms with E-state index in [0.717, 1.165) is 11.8 Å². The van der Waals surface area contributed by atoms with Crippen LogP contribution in [0.2, 0.25) is 5.02 Å². The molecule has 144 valence electrons. The molecule has 1 aliphatic heterocycles. The highest BCUT2D eigenvalue weighted by Crippen LogP contribution is 2.40. The molecule has 2 rings (SSSR count). The lowest BCUT2D eigenvalue weighted by atomic mass is 9.80. The summed E-state index contributed by atoms with van der Waals surface area (Å²) in [7, 11) is 2.55. The molecule has 0 aliphatic carbocycles. The van der Waals surface area contributed by atoms with Crippen molar-refractivity contribution in [2.75, 3.05) is 20.0 Å². The molecule has 0 saturated heterocycles. The molecule has 1 heterocycles. The van der Waals surface area contributed by atoms with Gasteiger partial charge in [0.1, 0.15) is 0 Å². The highest BCUT2D eigenvalue weighted by molar-refractivity contribution is 8.13. The first-order chi connectivity index (χ1) is 12.8. The summed E-state index contributed by atoms with van der Waals surface area (Å²) < 4.78 is 9.90. The molecule has 0 fully saturated rings. The molecule has 0 spiro atoms. The Kier molecular flexibility index (Phi) is 6.92. The summed E-state index contributed by atoms with van der Waals surface area (Å²) >= 11 is 7.19. The number of methoxy groups -OCH3 is 2. The van der Waals surface area contributed by atoms with Crippen molar-refractivity contribution in [3.63, 3.8) is 0 Å². The van der Waals surface area contributed by atoms with Gasteiger partial charge < -0.3 is 20.5 Å². The van der Waals surface area contributed by atoms with E-state index in [2.05, 4.69) is 5.32 Å². The minimum Gasteiger partial charge on any atom is -0.466 e. The Hall–Kier alpha value is -2.45. The number of allylic oxidation sites excluding steroid dienone is 1. The first-order valence-electron chi connectivity index (χ1n) is 7.89. The zero-order valence-electron chi connectivity index (χ0n) is 15.1. The molecule has 0 radical (unpaired) electrons. The second-order valence-corrected chi connectivity index (χ2v) is 7.13. The van der Waals surface area contributed by atoms with Gasteiger partial charge in [0.15, 0.2) is 5.17 Å². The topological polar surface area (TPSA) is 115 Å². The molecule has 4 N–H and O–H groups in total. The van der Waals surface area contributed by atoms with Crippen LogP contribution in [0.4, 0.5) is 0 Å². The van der Waals surface area contributed by atoms with Crippen molar-refractivity contribution in [3.05, 3.63) is 57.4 Å². The number of halogens is 1. The third-order valence-electron chi connectivity index (χ3n) is 4.01. The SMILES string of the molecule is COC(=O)C1=C(C)NC(CSC(=N)N)=C(C(=O)OC)C1c1cccc(Cl)c1. The van der Waals surface area contributed by atoms with E-state index < -0.39 is 17.9 Å². The van der Waals surface area contributed by atoms with Gasteiger partial charge in [-0.2, -0.15) is 0 Å². The van der Waals surface area contributed by atoms with Gasteiger partial charge in [0, 0.05) is 22.2 Å². The Morgan fingerprint density at radius 1 is 1.26 bits per heavy atom. The Morgan fingerprint density at radius 3 is 2.44 bits per heavy atom. The number of hydrogen-bond acceptors (Lipinski definition) is 7. The van der Waals surface area contributed by atoms with E-state index in [0.29, 0.717) is 22.0 Å². The highest BCUT2D eigenvalue weighted by Gasteiger charge is 2.38. The summed E-state index contributed by atoms with van der Waals surface area (Å²) in [5, 5.41) is 10.9. The number of dihydropyridines is 1. The van der Waals surface area contributed by atoms with Crippen molar-refractivity contribution in [2.45, 2.75) is 12.8 Å². The van der Waals surface area contributed by atoms with Crippen LogP contribution in [0, 0.1) is 5.41 Å².